The fraction of sp³-hybridized carbons (Fsp3) is 0.391. The highest BCUT2D eigenvalue weighted by Crippen LogP contribution is 2.44. The van der Waals surface area contributed by atoms with Crippen LogP contribution in [-0.4, -0.2) is 41.3 Å². The van der Waals surface area contributed by atoms with E-state index in [-0.39, 0.29) is 18.4 Å². The van der Waals surface area contributed by atoms with Gasteiger partial charge in [0.1, 0.15) is 12.6 Å². The molecule has 0 unspecified atom stereocenters. The Labute approximate surface area is 165 Å². The Balaban J connectivity index is 1.77. The zero-order valence-electron chi connectivity index (χ0n) is 16.6. The number of hydrogen-bond donors (Lipinski definition) is 1. The van der Waals surface area contributed by atoms with E-state index in [1.807, 2.05) is 38.1 Å². The number of aliphatic carboxylic acids is 1. The summed E-state index contributed by atoms with van der Waals surface area (Å²) in [4.78, 5) is 25.7. The van der Waals surface area contributed by atoms with E-state index in [0.29, 0.717) is 13.0 Å². The maximum atomic E-state index is 12.7. The molecule has 0 aliphatic heterocycles. The molecule has 0 spiro atoms. The first-order valence-electron chi connectivity index (χ1n) is 9.78. The maximum absolute atomic E-state index is 12.7. The van der Waals surface area contributed by atoms with Gasteiger partial charge in [0.05, 0.1) is 0 Å². The van der Waals surface area contributed by atoms with Gasteiger partial charge >= 0.3 is 12.1 Å². The van der Waals surface area contributed by atoms with Gasteiger partial charge in [-0.05, 0) is 41.5 Å². The van der Waals surface area contributed by atoms with Crippen molar-refractivity contribution in [2.24, 2.45) is 5.92 Å². The second-order valence-electron chi connectivity index (χ2n) is 7.57. The molecule has 0 bridgehead atoms. The van der Waals surface area contributed by atoms with Crippen LogP contribution >= 0.6 is 0 Å². The van der Waals surface area contributed by atoms with Crippen molar-refractivity contribution in [3.05, 3.63) is 59.7 Å². The zero-order valence-corrected chi connectivity index (χ0v) is 16.6. The molecule has 1 aliphatic carbocycles. The quantitative estimate of drug-likeness (QED) is 0.751. The van der Waals surface area contributed by atoms with E-state index in [0.717, 1.165) is 22.3 Å². The van der Waals surface area contributed by atoms with Crippen molar-refractivity contribution >= 4 is 12.1 Å². The molecule has 5 nitrogen and oxygen atoms in total. The Morgan fingerprint density at radius 1 is 1.04 bits per heavy atom. The molecular weight excluding hydrogens is 354 g/mol. The second kappa shape index (κ2) is 8.46. The molecule has 0 saturated heterocycles. The number of carbonyl (C=O) groups excluding carboxylic acids is 1. The minimum absolute atomic E-state index is 0.0385. The van der Waals surface area contributed by atoms with E-state index in [2.05, 4.69) is 24.3 Å². The summed E-state index contributed by atoms with van der Waals surface area (Å²) in [7, 11) is 0. The van der Waals surface area contributed by atoms with E-state index >= 15 is 0 Å². The molecule has 2 aromatic rings. The van der Waals surface area contributed by atoms with E-state index in [1.54, 1.807) is 6.92 Å². The molecule has 1 aliphatic rings. The van der Waals surface area contributed by atoms with Gasteiger partial charge in [0.25, 0.3) is 0 Å². The summed E-state index contributed by atoms with van der Waals surface area (Å²) in [6.07, 6.45) is -0.176. The standard InChI is InChI=1S/C23H27NO4/c1-4-24(21(22(25)26)13-15(2)3)23(27)28-14-20-18-11-7-5-9-16(18)17-10-6-8-12-19(17)20/h5-12,15,20-21H,4,13-14H2,1-3H3,(H,25,26)/t21-/m0/s1. The van der Waals surface area contributed by atoms with Gasteiger partial charge in [-0.15, -0.1) is 0 Å². The molecular formula is C23H27NO4. The SMILES string of the molecule is CCN(C(=O)OCC1c2ccccc2-c2ccccc21)[C@@H](CC(C)C)C(=O)O. The van der Waals surface area contributed by atoms with Crippen LogP contribution in [0.25, 0.3) is 11.1 Å². The van der Waals surface area contributed by atoms with Gasteiger partial charge in [-0.25, -0.2) is 9.59 Å². The maximum Gasteiger partial charge on any atom is 0.410 e. The van der Waals surface area contributed by atoms with Crippen LogP contribution < -0.4 is 0 Å². The van der Waals surface area contributed by atoms with Crippen LogP contribution in [0.15, 0.2) is 48.5 Å². The predicted molar refractivity (Wildman–Crippen MR) is 108 cm³/mol. The summed E-state index contributed by atoms with van der Waals surface area (Å²) in [5.74, 6) is -0.871. The van der Waals surface area contributed by atoms with Gasteiger partial charge in [0.2, 0.25) is 0 Å². The normalized spacial score (nSPS) is 13.7. The van der Waals surface area contributed by atoms with Crippen LogP contribution in [-0.2, 0) is 9.53 Å². The highest BCUT2D eigenvalue weighted by molar-refractivity contribution is 5.81. The van der Waals surface area contributed by atoms with Gasteiger partial charge in [-0.1, -0.05) is 62.4 Å². The highest BCUT2D eigenvalue weighted by Gasteiger charge is 2.33. The minimum atomic E-state index is -0.996. The molecule has 0 fully saturated rings. The van der Waals surface area contributed by atoms with Gasteiger partial charge in [-0.2, -0.15) is 0 Å². The number of nitrogens with zero attached hydrogens (tertiary/aromatic N) is 1. The zero-order chi connectivity index (χ0) is 20.3. The van der Waals surface area contributed by atoms with Crippen LogP contribution in [0.1, 0.15) is 44.2 Å². The number of carboxylic acids is 1. The molecule has 5 heteroatoms. The Kier molecular flexibility index (Phi) is 6.02. The van der Waals surface area contributed by atoms with Crippen LogP contribution in [0.3, 0.4) is 0 Å². The molecule has 1 atom stereocenters. The Hall–Kier alpha value is -2.82. The fourth-order valence-electron chi connectivity index (χ4n) is 3.96. The number of carbonyl (C=O) groups is 2. The van der Waals surface area contributed by atoms with Gasteiger partial charge in [0.15, 0.2) is 0 Å². The van der Waals surface area contributed by atoms with Crippen LogP contribution in [0.4, 0.5) is 4.79 Å². The minimum Gasteiger partial charge on any atom is -0.480 e. The fourth-order valence-corrected chi connectivity index (χ4v) is 3.96. The van der Waals surface area contributed by atoms with Crippen LogP contribution in [0.2, 0.25) is 0 Å². The van der Waals surface area contributed by atoms with E-state index in [1.165, 1.54) is 4.90 Å². The first kappa shape index (κ1) is 19.9. The molecule has 0 heterocycles. The Morgan fingerprint density at radius 3 is 2.04 bits per heavy atom. The third-order valence-electron chi connectivity index (χ3n) is 5.27. The van der Waals surface area contributed by atoms with E-state index in [9.17, 15) is 14.7 Å². The average Bonchev–Trinajstić information content (AvgIpc) is 2.99. The molecule has 28 heavy (non-hydrogen) atoms. The summed E-state index contributed by atoms with van der Waals surface area (Å²) in [6.45, 7) is 6.15. The van der Waals surface area contributed by atoms with Crippen LogP contribution in [0, 0.1) is 5.92 Å². The summed E-state index contributed by atoms with van der Waals surface area (Å²) >= 11 is 0. The predicted octanol–water partition coefficient (Wildman–Crippen LogP) is 4.76. The van der Waals surface area contributed by atoms with Crippen molar-refractivity contribution in [2.75, 3.05) is 13.2 Å². The van der Waals surface area contributed by atoms with Crippen molar-refractivity contribution in [1.29, 1.82) is 0 Å². The van der Waals surface area contributed by atoms with Crippen molar-refractivity contribution in [1.82, 2.24) is 4.90 Å². The molecule has 1 amide bonds. The lowest BCUT2D eigenvalue weighted by Gasteiger charge is -2.28. The van der Waals surface area contributed by atoms with Crippen LogP contribution in [0.5, 0.6) is 0 Å². The first-order chi connectivity index (χ1) is 13.4. The highest BCUT2D eigenvalue weighted by atomic mass is 16.6. The molecule has 148 valence electrons. The largest absolute Gasteiger partial charge is 0.480 e. The molecule has 1 N–H and O–H groups in total. The van der Waals surface area contributed by atoms with Gasteiger partial charge in [-0.3, -0.25) is 4.90 Å². The van der Waals surface area contributed by atoms with Crippen molar-refractivity contribution in [3.63, 3.8) is 0 Å². The number of rotatable bonds is 7. The van der Waals surface area contributed by atoms with E-state index in [4.69, 9.17) is 4.74 Å². The molecule has 2 aromatic carbocycles. The first-order valence-corrected chi connectivity index (χ1v) is 9.78. The van der Waals surface area contributed by atoms with Crippen molar-refractivity contribution in [3.8, 4) is 11.1 Å². The number of benzene rings is 2. The van der Waals surface area contributed by atoms with Crippen molar-refractivity contribution < 1.29 is 19.4 Å². The number of hydrogen-bond acceptors (Lipinski definition) is 3. The number of amides is 1. The van der Waals surface area contributed by atoms with Gasteiger partial charge in [0, 0.05) is 12.5 Å². The third kappa shape index (κ3) is 3.88. The monoisotopic (exact) mass is 381 g/mol. The topological polar surface area (TPSA) is 66.8 Å². The Bertz CT molecular complexity index is 816. The lowest BCUT2D eigenvalue weighted by Crippen LogP contribution is -2.46. The van der Waals surface area contributed by atoms with E-state index < -0.39 is 18.1 Å². The lowest BCUT2D eigenvalue weighted by molar-refractivity contribution is -0.143. The van der Waals surface area contributed by atoms with Gasteiger partial charge < -0.3 is 9.84 Å². The molecule has 0 radical (unpaired) electrons. The molecule has 0 saturated carbocycles. The average molecular weight is 381 g/mol. The lowest BCUT2D eigenvalue weighted by atomic mass is 9.98. The third-order valence-corrected chi connectivity index (χ3v) is 5.27. The summed E-state index contributed by atoms with van der Waals surface area (Å²) in [6, 6.07) is 15.4. The molecule has 0 aromatic heterocycles. The number of likely N-dealkylation sites (N-methyl/N-ethyl adjacent to an activating group) is 1. The van der Waals surface area contributed by atoms with Crippen molar-refractivity contribution in [2.45, 2.75) is 39.2 Å². The number of carboxylic acid groups (broad SMARTS) is 1. The number of fused-ring (bicyclic) bond motifs is 3. The number of ether oxygens (including phenoxy) is 1. The summed E-state index contributed by atoms with van der Waals surface area (Å²) in [5, 5.41) is 9.56. The summed E-state index contributed by atoms with van der Waals surface area (Å²) < 4.78 is 5.63. The molecule has 3 rings (SSSR count). The second-order valence-corrected chi connectivity index (χ2v) is 7.57. The smallest absolute Gasteiger partial charge is 0.410 e. The Morgan fingerprint density at radius 2 is 1.57 bits per heavy atom. The summed E-state index contributed by atoms with van der Waals surface area (Å²) in [5.41, 5.74) is 4.59.